The number of hydrogen-bond acceptors (Lipinski definition) is 6. The normalized spacial score (nSPS) is 20.0. The summed E-state index contributed by atoms with van der Waals surface area (Å²) in [6.45, 7) is 7.22. The zero-order valence-electron chi connectivity index (χ0n) is 19.2. The molecule has 33 heavy (non-hydrogen) atoms. The van der Waals surface area contributed by atoms with Gasteiger partial charge in [0, 0.05) is 30.5 Å². The number of pyridine rings is 1. The number of aliphatic hydroxyl groups is 1. The minimum absolute atomic E-state index is 0.137. The van der Waals surface area contributed by atoms with Crippen LogP contribution in [0.15, 0.2) is 30.5 Å². The molecular formula is C25H29F2N5O. The highest BCUT2D eigenvalue weighted by Gasteiger charge is 2.40. The summed E-state index contributed by atoms with van der Waals surface area (Å²) in [5.74, 6) is -2.18. The number of piperidine rings is 1. The third kappa shape index (κ3) is 4.01. The summed E-state index contributed by atoms with van der Waals surface area (Å²) in [6, 6.07) is 6.98. The Morgan fingerprint density at radius 3 is 2.67 bits per heavy atom. The second kappa shape index (κ2) is 7.87. The van der Waals surface area contributed by atoms with Crippen LogP contribution in [0, 0.1) is 6.92 Å². The van der Waals surface area contributed by atoms with Gasteiger partial charge in [-0.3, -0.25) is 4.98 Å². The van der Waals surface area contributed by atoms with Crippen LogP contribution in [-0.4, -0.2) is 39.0 Å². The standard InChI is InChI=1S/C25H29F2N5O/c1-15(18-5-4-6-21-19(18)7-8-25(21,26)27)29-23-20-13-17(14-28-22(20)16(2)30-31-23)32-11-9-24(3,33)10-12-32/h4-6,13-15,33H,7-12H2,1-3H3,(H,29,31)/t15-/m1/s1. The van der Waals surface area contributed by atoms with Gasteiger partial charge in [-0.2, -0.15) is 5.10 Å². The van der Waals surface area contributed by atoms with Crippen LogP contribution in [0.5, 0.6) is 0 Å². The van der Waals surface area contributed by atoms with Gasteiger partial charge in [-0.15, -0.1) is 5.10 Å². The summed E-state index contributed by atoms with van der Waals surface area (Å²) in [6.07, 6.45) is 3.47. The predicted octanol–water partition coefficient (Wildman–Crippen LogP) is 4.90. The Balaban J connectivity index is 1.48. The molecule has 2 aromatic heterocycles. The average molecular weight is 454 g/mol. The summed E-state index contributed by atoms with van der Waals surface area (Å²) in [5.41, 5.74) is 3.57. The van der Waals surface area contributed by atoms with Crippen molar-refractivity contribution in [2.45, 2.75) is 64.0 Å². The molecule has 0 radical (unpaired) electrons. The molecule has 1 aliphatic carbocycles. The molecule has 3 heterocycles. The first kappa shape index (κ1) is 21.9. The van der Waals surface area contributed by atoms with E-state index in [0.29, 0.717) is 25.1 Å². The maximum absolute atomic E-state index is 14.3. The number of alkyl halides is 2. The van der Waals surface area contributed by atoms with E-state index in [0.717, 1.165) is 46.5 Å². The second-order valence-corrected chi connectivity index (χ2v) is 9.65. The van der Waals surface area contributed by atoms with Crippen molar-refractivity contribution in [3.8, 4) is 0 Å². The van der Waals surface area contributed by atoms with Crippen LogP contribution in [0.3, 0.4) is 0 Å². The van der Waals surface area contributed by atoms with E-state index in [4.69, 9.17) is 0 Å². The Morgan fingerprint density at radius 2 is 1.91 bits per heavy atom. The fourth-order valence-corrected chi connectivity index (χ4v) is 5.01. The molecule has 0 amide bonds. The van der Waals surface area contributed by atoms with Crippen molar-refractivity contribution in [1.29, 1.82) is 0 Å². The minimum atomic E-state index is -2.76. The van der Waals surface area contributed by atoms with E-state index >= 15 is 0 Å². The molecule has 0 bridgehead atoms. The molecule has 0 spiro atoms. The van der Waals surface area contributed by atoms with Gasteiger partial charge < -0.3 is 15.3 Å². The Bertz CT molecular complexity index is 1200. The fourth-order valence-electron chi connectivity index (χ4n) is 5.01. The van der Waals surface area contributed by atoms with Crippen molar-refractivity contribution in [2.24, 2.45) is 0 Å². The van der Waals surface area contributed by atoms with Gasteiger partial charge in [0.2, 0.25) is 0 Å². The topological polar surface area (TPSA) is 74.2 Å². The van der Waals surface area contributed by atoms with E-state index < -0.39 is 11.5 Å². The van der Waals surface area contributed by atoms with Gasteiger partial charge in [-0.25, -0.2) is 8.78 Å². The third-order valence-corrected chi connectivity index (χ3v) is 7.09. The molecule has 0 unspecified atom stereocenters. The molecule has 1 saturated heterocycles. The van der Waals surface area contributed by atoms with Gasteiger partial charge in [0.25, 0.3) is 5.92 Å². The molecule has 1 atom stereocenters. The van der Waals surface area contributed by atoms with Crippen LogP contribution >= 0.6 is 0 Å². The van der Waals surface area contributed by atoms with Crippen molar-refractivity contribution >= 4 is 22.4 Å². The van der Waals surface area contributed by atoms with Crippen LogP contribution in [0.1, 0.15) is 61.5 Å². The van der Waals surface area contributed by atoms with Crippen molar-refractivity contribution in [2.75, 3.05) is 23.3 Å². The number of aromatic nitrogens is 3. The number of nitrogens with one attached hydrogen (secondary N) is 1. The van der Waals surface area contributed by atoms with Crippen molar-refractivity contribution < 1.29 is 13.9 Å². The molecule has 2 N–H and O–H groups in total. The van der Waals surface area contributed by atoms with Gasteiger partial charge >= 0.3 is 0 Å². The Labute approximate surface area is 192 Å². The molecular weight excluding hydrogens is 424 g/mol. The zero-order valence-corrected chi connectivity index (χ0v) is 19.2. The van der Waals surface area contributed by atoms with Crippen molar-refractivity contribution in [3.05, 3.63) is 52.8 Å². The lowest BCUT2D eigenvalue weighted by atomic mass is 9.93. The number of fused-ring (bicyclic) bond motifs is 2. The van der Waals surface area contributed by atoms with E-state index in [1.54, 1.807) is 6.07 Å². The monoisotopic (exact) mass is 453 g/mol. The number of benzene rings is 1. The lowest BCUT2D eigenvalue weighted by Gasteiger charge is -2.37. The minimum Gasteiger partial charge on any atom is -0.390 e. The summed E-state index contributed by atoms with van der Waals surface area (Å²) in [5, 5.41) is 23.2. The van der Waals surface area contributed by atoms with Gasteiger partial charge in [0.05, 0.1) is 34.7 Å². The lowest BCUT2D eigenvalue weighted by molar-refractivity contribution is -0.00185. The average Bonchev–Trinajstić information content (AvgIpc) is 3.10. The number of anilines is 2. The van der Waals surface area contributed by atoms with E-state index in [1.807, 2.05) is 33.0 Å². The molecule has 8 heteroatoms. The highest BCUT2D eigenvalue weighted by atomic mass is 19.3. The van der Waals surface area contributed by atoms with Crippen LogP contribution in [-0.2, 0) is 12.3 Å². The second-order valence-electron chi connectivity index (χ2n) is 9.65. The van der Waals surface area contributed by atoms with Crippen molar-refractivity contribution in [3.63, 3.8) is 0 Å². The number of aryl methyl sites for hydroxylation is 1. The predicted molar refractivity (Wildman–Crippen MR) is 125 cm³/mol. The van der Waals surface area contributed by atoms with Gasteiger partial charge in [0.15, 0.2) is 5.82 Å². The maximum atomic E-state index is 14.3. The number of hydrogen-bond donors (Lipinski definition) is 2. The van der Waals surface area contributed by atoms with Crippen LogP contribution in [0.4, 0.5) is 20.3 Å². The van der Waals surface area contributed by atoms with Crippen LogP contribution < -0.4 is 10.2 Å². The van der Waals surface area contributed by atoms with E-state index in [1.165, 1.54) is 6.07 Å². The first-order chi connectivity index (χ1) is 15.6. The third-order valence-electron chi connectivity index (χ3n) is 7.09. The van der Waals surface area contributed by atoms with Crippen molar-refractivity contribution in [1.82, 2.24) is 15.2 Å². The molecule has 0 saturated carbocycles. The van der Waals surface area contributed by atoms with Gasteiger partial charge in [0.1, 0.15) is 0 Å². The fraction of sp³-hybridized carbons (Fsp3) is 0.480. The molecule has 1 fully saturated rings. The summed E-state index contributed by atoms with van der Waals surface area (Å²) in [4.78, 5) is 6.89. The lowest BCUT2D eigenvalue weighted by Crippen LogP contribution is -2.42. The summed E-state index contributed by atoms with van der Waals surface area (Å²) < 4.78 is 28.5. The number of rotatable bonds is 4. The highest BCUT2D eigenvalue weighted by molar-refractivity contribution is 5.92. The Kier molecular flexibility index (Phi) is 5.23. The largest absolute Gasteiger partial charge is 0.390 e. The number of nitrogens with zero attached hydrogens (tertiary/aromatic N) is 4. The van der Waals surface area contributed by atoms with Crippen LogP contribution in [0.2, 0.25) is 0 Å². The smallest absolute Gasteiger partial charge is 0.273 e. The molecule has 1 aliphatic heterocycles. The van der Waals surface area contributed by atoms with Gasteiger partial charge in [-0.05, 0) is 57.2 Å². The number of halogens is 2. The highest BCUT2D eigenvalue weighted by Crippen LogP contribution is 2.44. The summed E-state index contributed by atoms with van der Waals surface area (Å²) >= 11 is 0. The zero-order chi connectivity index (χ0) is 23.4. The molecule has 6 nitrogen and oxygen atoms in total. The molecule has 174 valence electrons. The van der Waals surface area contributed by atoms with Gasteiger partial charge in [-0.1, -0.05) is 18.2 Å². The first-order valence-corrected chi connectivity index (χ1v) is 11.5. The Hall–Kier alpha value is -2.87. The first-order valence-electron chi connectivity index (χ1n) is 11.5. The maximum Gasteiger partial charge on any atom is 0.273 e. The van der Waals surface area contributed by atoms with Crippen LogP contribution in [0.25, 0.3) is 10.9 Å². The van der Waals surface area contributed by atoms with E-state index in [9.17, 15) is 13.9 Å². The molecule has 2 aliphatic rings. The Morgan fingerprint density at radius 1 is 1.15 bits per heavy atom. The van der Waals surface area contributed by atoms with E-state index in [-0.39, 0.29) is 18.0 Å². The van der Waals surface area contributed by atoms with E-state index in [2.05, 4.69) is 31.5 Å². The quantitative estimate of drug-likeness (QED) is 0.586. The summed E-state index contributed by atoms with van der Waals surface area (Å²) in [7, 11) is 0. The SMILES string of the molecule is Cc1nnc(N[C@H](C)c2cccc3c2CCC3(F)F)c2cc(N3CCC(C)(O)CC3)cnc12. The molecule has 5 rings (SSSR count). The molecule has 3 aromatic rings. The molecule has 1 aromatic carbocycles.